The van der Waals surface area contributed by atoms with Crippen LogP contribution in [0.15, 0.2) is 54.6 Å². The summed E-state index contributed by atoms with van der Waals surface area (Å²) in [7, 11) is 2.21. The normalized spacial score (nSPS) is 17.1. The molecular formula is C19H24N2O. The minimum Gasteiger partial charge on any atom is -0.493 e. The summed E-state index contributed by atoms with van der Waals surface area (Å²) in [6, 6.07) is 19.4. The van der Waals surface area contributed by atoms with Crippen LogP contribution < -0.4 is 10.1 Å². The van der Waals surface area contributed by atoms with Gasteiger partial charge in [0, 0.05) is 37.7 Å². The second-order valence-corrected chi connectivity index (χ2v) is 5.83. The van der Waals surface area contributed by atoms with E-state index in [4.69, 9.17) is 4.74 Å². The third-order valence-electron chi connectivity index (χ3n) is 4.27. The van der Waals surface area contributed by atoms with Crippen LogP contribution in [-0.2, 0) is 6.54 Å². The maximum absolute atomic E-state index is 5.75. The van der Waals surface area contributed by atoms with Crippen molar-refractivity contribution in [3.05, 3.63) is 65.7 Å². The summed E-state index contributed by atoms with van der Waals surface area (Å²) in [5, 5.41) is 3.52. The highest BCUT2D eigenvalue weighted by Crippen LogP contribution is 2.34. The van der Waals surface area contributed by atoms with Gasteiger partial charge in [0.05, 0.1) is 6.61 Å². The Morgan fingerprint density at radius 2 is 1.86 bits per heavy atom. The van der Waals surface area contributed by atoms with Crippen LogP contribution in [0.2, 0.25) is 0 Å². The molecule has 2 aromatic carbocycles. The lowest BCUT2D eigenvalue weighted by atomic mass is 9.99. The van der Waals surface area contributed by atoms with Crippen molar-refractivity contribution in [1.29, 1.82) is 0 Å². The Balaban J connectivity index is 1.49. The van der Waals surface area contributed by atoms with Crippen molar-refractivity contribution in [2.75, 3.05) is 26.7 Å². The third-order valence-corrected chi connectivity index (χ3v) is 4.27. The van der Waals surface area contributed by atoms with Crippen LogP contribution >= 0.6 is 0 Å². The third kappa shape index (κ3) is 3.67. The number of hydrogen-bond acceptors (Lipinski definition) is 3. The molecule has 0 amide bonds. The van der Waals surface area contributed by atoms with Gasteiger partial charge in [-0.25, -0.2) is 0 Å². The zero-order chi connectivity index (χ0) is 15.2. The van der Waals surface area contributed by atoms with Crippen molar-refractivity contribution in [2.45, 2.75) is 19.0 Å². The zero-order valence-corrected chi connectivity index (χ0v) is 13.2. The Bertz CT molecular complexity index is 585. The van der Waals surface area contributed by atoms with Gasteiger partial charge in [-0.1, -0.05) is 48.5 Å². The molecule has 0 fully saturated rings. The standard InChI is InChI=1S/C19H24N2O/c1-21(13-12-20-15-16-7-3-2-4-8-16)18-11-14-22-19-10-6-5-9-17(18)19/h2-10,18,20H,11-15H2,1H3/t18-/m0/s1. The molecule has 0 spiro atoms. The van der Waals surface area contributed by atoms with Gasteiger partial charge in [-0.2, -0.15) is 0 Å². The molecule has 0 unspecified atom stereocenters. The summed E-state index contributed by atoms with van der Waals surface area (Å²) >= 11 is 0. The SMILES string of the molecule is CN(CCNCc1ccccc1)[C@H]1CCOc2ccccc21. The summed E-state index contributed by atoms with van der Waals surface area (Å²) in [5.74, 6) is 1.04. The fraction of sp³-hybridized carbons (Fsp3) is 0.368. The van der Waals surface area contributed by atoms with Gasteiger partial charge < -0.3 is 10.1 Å². The van der Waals surface area contributed by atoms with Crippen LogP contribution in [0.1, 0.15) is 23.6 Å². The maximum Gasteiger partial charge on any atom is 0.124 e. The number of ether oxygens (including phenoxy) is 1. The molecule has 1 heterocycles. The first kappa shape index (κ1) is 15.1. The van der Waals surface area contributed by atoms with Crippen LogP contribution in [-0.4, -0.2) is 31.6 Å². The van der Waals surface area contributed by atoms with Crippen LogP contribution in [0.4, 0.5) is 0 Å². The van der Waals surface area contributed by atoms with Gasteiger partial charge in [0.2, 0.25) is 0 Å². The fourth-order valence-electron chi connectivity index (χ4n) is 3.02. The van der Waals surface area contributed by atoms with Gasteiger partial charge in [-0.3, -0.25) is 4.90 Å². The Hall–Kier alpha value is -1.84. The minimum absolute atomic E-state index is 0.462. The van der Waals surface area contributed by atoms with Crippen molar-refractivity contribution in [1.82, 2.24) is 10.2 Å². The second kappa shape index (κ2) is 7.43. The first-order chi connectivity index (χ1) is 10.8. The molecule has 1 N–H and O–H groups in total. The molecule has 0 aliphatic carbocycles. The van der Waals surface area contributed by atoms with Gasteiger partial charge in [-0.05, 0) is 18.7 Å². The number of benzene rings is 2. The lowest BCUT2D eigenvalue weighted by Gasteiger charge is -2.33. The average molecular weight is 296 g/mol. The number of likely N-dealkylation sites (N-methyl/N-ethyl adjacent to an activating group) is 1. The van der Waals surface area contributed by atoms with E-state index in [2.05, 4.69) is 65.8 Å². The Kier molecular flexibility index (Phi) is 5.09. The highest BCUT2D eigenvalue weighted by molar-refractivity contribution is 5.37. The molecule has 22 heavy (non-hydrogen) atoms. The van der Waals surface area contributed by atoms with Crippen LogP contribution in [0.5, 0.6) is 5.75 Å². The Morgan fingerprint density at radius 3 is 2.73 bits per heavy atom. The first-order valence-electron chi connectivity index (χ1n) is 8.01. The molecule has 1 aliphatic heterocycles. The number of rotatable bonds is 6. The highest BCUT2D eigenvalue weighted by atomic mass is 16.5. The first-order valence-corrected chi connectivity index (χ1v) is 8.01. The number of fused-ring (bicyclic) bond motifs is 1. The Labute approximate surface area is 132 Å². The smallest absolute Gasteiger partial charge is 0.124 e. The summed E-state index contributed by atoms with van der Waals surface area (Å²) in [6.45, 7) is 3.76. The lowest BCUT2D eigenvalue weighted by molar-refractivity contribution is 0.166. The van der Waals surface area contributed by atoms with E-state index in [-0.39, 0.29) is 0 Å². The van der Waals surface area contributed by atoms with E-state index in [1.165, 1.54) is 11.1 Å². The van der Waals surface area contributed by atoms with E-state index in [0.29, 0.717) is 6.04 Å². The highest BCUT2D eigenvalue weighted by Gasteiger charge is 2.24. The van der Waals surface area contributed by atoms with Crippen molar-refractivity contribution in [3.63, 3.8) is 0 Å². The summed E-state index contributed by atoms with van der Waals surface area (Å²) in [5.41, 5.74) is 2.65. The second-order valence-electron chi connectivity index (χ2n) is 5.83. The van der Waals surface area contributed by atoms with E-state index in [0.717, 1.165) is 38.4 Å². The summed E-state index contributed by atoms with van der Waals surface area (Å²) in [4.78, 5) is 2.43. The molecule has 116 valence electrons. The van der Waals surface area contributed by atoms with E-state index < -0.39 is 0 Å². The van der Waals surface area contributed by atoms with Crippen molar-refractivity contribution < 1.29 is 4.74 Å². The van der Waals surface area contributed by atoms with E-state index in [1.807, 2.05) is 6.07 Å². The van der Waals surface area contributed by atoms with Gasteiger partial charge in [-0.15, -0.1) is 0 Å². The van der Waals surface area contributed by atoms with Crippen LogP contribution in [0.3, 0.4) is 0 Å². The zero-order valence-electron chi connectivity index (χ0n) is 13.2. The largest absolute Gasteiger partial charge is 0.493 e. The van der Waals surface area contributed by atoms with Gasteiger partial charge in [0.25, 0.3) is 0 Å². The molecule has 0 saturated carbocycles. The minimum atomic E-state index is 0.462. The number of hydrogen-bond donors (Lipinski definition) is 1. The lowest BCUT2D eigenvalue weighted by Crippen LogP contribution is -2.34. The maximum atomic E-state index is 5.75. The fourth-order valence-corrected chi connectivity index (χ4v) is 3.02. The molecule has 0 bridgehead atoms. The molecule has 3 nitrogen and oxygen atoms in total. The van der Waals surface area contributed by atoms with Crippen molar-refractivity contribution in [2.24, 2.45) is 0 Å². The number of nitrogens with zero attached hydrogens (tertiary/aromatic N) is 1. The Morgan fingerprint density at radius 1 is 1.09 bits per heavy atom. The molecule has 0 saturated heterocycles. The summed E-state index contributed by atoms with van der Waals surface area (Å²) in [6.07, 6.45) is 1.06. The van der Waals surface area contributed by atoms with Gasteiger partial charge >= 0.3 is 0 Å². The predicted octanol–water partition coefficient (Wildman–Crippen LogP) is 3.23. The molecule has 2 aromatic rings. The molecule has 1 aliphatic rings. The van der Waals surface area contributed by atoms with E-state index in [9.17, 15) is 0 Å². The quantitative estimate of drug-likeness (QED) is 0.828. The molecule has 0 aromatic heterocycles. The van der Waals surface area contributed by atoms with E-state index in [1.54, 1.807) is 0 Å². The average Bonchev–Trinajstić information content (AvgIpc) is 2.59. The van der Waals surface area contributed by atoms with Crippen LogP contribution in [0, 0.1) is 0 Å². The number of para-hydroxylation sites is 1. The van der Waals surface area contributed by atoms with Gasteiger partial charge in [0.15, 0.2) is 0 Å². The van der Waals surface area contributed by atoms with Crippen molar-refractivity contribution >= 4 is 0 Å². The molecule has 1 atom stereocenters. The number of nitrogens with one attached hydrogen (secondary N) is 1. The molecule has 0 radical (unpaired) electrons. The molecule has 3 heteroatoms. The topological polar surface area (TPSA) is 24.5 Å². The monoisotopic (exact) mass is 296 g/mol. The summed E-state index contributed by atoms with van der Waals surface area (Å²) < 4.78 is 5.75. The van der Waals surface area contributed by atoms with Crippen LogP contribution in [0.25, 0.3) is 0 Å². The van der Waals surface area contributed by atoms with E-state index >= 15 is 0 Å². The van der Waals surface area contributed by atoms with Gasteiger partial charge in [0.1, 0.15) is 5.75 Å². The molecule has 3 rings (SSSR count). The predicted molar refractivity (Wildman–Crippen MR) is 90.1 cm³/mol. The molecular weight excluding hydrogens is 272 g/mol. The van der Waals surface area contributed by atoms with Crippen molar-refractivity contribution in [3.8, 4) is 5.75 Å².